The van der Waals surface area contributed by atoms with Gasteiger partial charge in [-0.2, -0.15) is 0 Å². The van der Waals surface area contributed by atoms with Crippen LogP contribution in [0.25, 0.3) is 0 Å². The summed E-state index contributed by atoms with van der Waals surface area (Å²) in [5.41, 5.74) is 2.15. The zero-order valence-corrected chi connectivity index (χ0v) is 13.5. The Labute approximate surface area is 136 Å². The quantitative estimate of drug-likeness (QED) is 0.848. The van der Waals surface area contributed by atoms with Gasteiger partial charge in [-0.25, -0.2) is 0 Å². The van der Waals surface area contributed by atoms with Gasteiger partial charge in [-0.1, -0.05) is 60.1 Å². The van der Waals surface area contributed by atoms with E-state index in [2.05, 4.69) is 5.32 Å². The number of hydrogen-bond acceptors (Lipinski definition) is 2. The molecule has 0 radical (unpaired) electrons. The summed E-state index contributed by atoms with van der Waals surface area (Å²) in [4.78, 5) is 14.1. The molecule has 4 heteroatoms. The number of carbonyl (C=O) groups is 1. The van der Waals surface area contributed by atoms with E-state index in [4.69, 9.17) is 11.6 Å². The highest BCUT2D eigenvalue weighted by molar-refractivity contribution is 6.31. The van der Waals surface area contributed by atoms with Crippen molar-refractivity contribution in [3.05, 3.63) is 70.7 Å². The van der Waals surface area contributed by atoms with E-state index in [9.17, 15) is 4.79 Å². The third-order valence-electron chi connectivity index (χ3n) is 3.50. The van der Waals surface area contributed by atoms with Crippen LogP contribution in [0.3, 0.4) is 0 Å². The van der Waals surface area contributed by atoms with Crippen LogP contribution in [0, 0.1) is 0 Å². The Morgan fingerprint density at radius 3 is 2.45 bits per heavy atom. The molecule has 0 unspecified atom stereocenters. The monoisotopic (exact) mass is 316 g/mol. The number of carbonyl (C=O) groups excluding carboxylic acids is 1. The van der Waals surface area contributed by atoms with Crippen LogP contribution in [-0.2, 0) is 17.9 Å². The Bertz CT molecular complexity index is 601. The van der Waals surface area contributed by atoms with Crippen LogP contribution in [-0.4, -0.2) is 23.9 Å². The van der Waals surface area contributed by atoms with E-state index in [1.807, 2.05) is 66.4 Å². The summed E-state index contributed by atoms with van der Waals surface area (Å²) in [6, 6.07) is 17.7. The number of nitrogens with one attached hydrogen (secondary N) is 1. The van der Waals surface area contributed by atoms with E-state index in [1.165, 1.54) is 0 Å². The molecular formula is C18H21ClN2O. The molecule has 116 valence electrons. The lowest BCUT2D eigenvalue weighted by molar-refractivity contribution is -0.130. The number of benzene rings is 2. The molecule has 2 aromatic carbocycles. The molecular weight excluding hydrogens is 296 g/mol. The first-order chi connectivity index (χ1) is 10.7. The van der Waals surface area contributed by atoms with Gasteiger partial charge in [0, 0.05) is 24.7 Å². The Hall–Kier alpha value is -1.84. The molecule has 22 heavy (non-hydrogen) atoms. The van der Waals surface area contributed by atoms with Gasteiger partial charge < -0.3 is 10.2 Å². The van der Waals surface area contributed by atoms with Crippen LogP contribution in [0.15, 0.2) is 54.6 Å². The zero-order valence-electron chi connectivity index (χ0n) is 12.8. The summed E-state index contributed by atoms with van der Waals surface area (Å²) >= 11 is 6.10. The molecule has 0 aromatic heterocycles. The first-order valence-corrected chi connectivity index (χ1v) is 7.84. The van der Waals surface area contributed by atoms with E-state index < -0.39 is 0 Å². The Morgan fingerprint density at radius 2 is 1.77 bits per heavy atom. The molecule has 0 aliphatic heterocycles. The summed E-state index contributed by atoms with van der Waals surface area (Å²) in [7, 11) is 0. The summed E-state index contributed by atoms with van der Waals surface area (Å²) in [5.74, 6) is 0.0957. The maximum atomic E-state index is 12.3. The van der Waals surface area contributed by atoms with Crippen molar-refractivity contribution in [2.24, 2.45) is 0 Å². The fourth-order valence-corrected chi connectivity index (χ4v) is 2.44. The molecule has 0 saturated carbocycles. The van der Waals surface area contributed by atoms with Crippen molar-refractivity contribution < 1.29 is 4.79 Å². The summed E-state index contributed by atoms with van der Waals surface area (Å²) in [5, 5.41) is 3.89. The van der Waals surface area contributed by atoms with Crippen LogP contribution >= 0.6 is 11.6 Å². The van der Waals surface area contributed by atoms with Gasteiger partial charge in [0.15, 0.2) is 0 Å². The van der Waals surface area contributed by atoms with Crippen molar-refractivity contribution in [1.82, 2.24) is 10.2 Å². The molecule has 0 fully saturated rings. The predicted molar refractivity (Wildman–Crippen MR) is 90.7 cm³/mol. The van der Waals surface area contributed by atoms with Gasteiger partial charge in [0.1, 0.15) is 0 Å². The van der Waals surface area contributed by atoms with Gasteiger partial charge in [0.25, 0.3) is 0 Å². The lowest BCUT2D eigenvalue weighted by Gasteiger charge is -2.21. The lowest BCUT2D eigenvalue weighted by atomic mass is 10.2. The number of amides is 1. The molecule has 0 heterocycles. The third kappa shape index (κ3) is 4.86. The predicted octanol–water partition coefficient (Wildman–Crippen LogP) is 3.48. The van der Waals surface area contributed by atoms with Crippen molar-refractivity contribution in [2.45, 2.75) is 20.0 Å². The SMILES string of the molecule is CCN(Cc1ccccc1)C(=O)CNCc1ccccc1Cl. The minimum absolute atomic E-state index is 0.0957. The number of likely N-dealkylation sites (N-methyl/N-ethyl adjacent to an activating group) is 1. The Morgan fingerprint density at radius 1 is 1.09 bits per heavy atom. The molecule has 1 N–H and O–H groups in total. The van der Waals surface area contributed by atoms with Crippen LogP contribution in [0.2, 0.25) is 5.02 Å². The molecule has 3 nitrogen and oxygen atoms in total. The number of halogens is 1. The largest absolute Gasteiger partial charge is 0.338 e. The van der Waals surface area contributed by atoms with Gasteiger partial charge in [-0.15, -0.1) is 0 Å². The van der Waals surface area contributed by atoms with E-state index in [-0.39, 0.29) is 5.91 Å². The highest BCUT2D eigenvalue weighted by Gasteiger charge is 2.11. The molecule has 0 spiro atoms. The topological polar surface area (TPSA) is 32.3 Å². The average Bonchev–Trinajstić information content (AvgIpc) is 2.55. The van der Waals surface area contributed by atoms with E-state index in [0.717, 1.165) is 16.1 Å². The molecule has 0 bridgehead atoms. The second kappa shape index (κ2) is 8.57. The van der Waals surface area contributed by atoms with Crippen molar-refractivity contribution in [2.75, 3.05) is 13.1 Å². The van der Waals surface area contributed by atoms with Gasteiger partial charge >= 0.3 is 0 Å². The van der Waals surface area contributed by atoms with Crippen LogP contribution in [0.5, 0.6) is 0 Å². The Kier molecular flexibility index (Phi) is 6.44. The van der Waals surface area contributed by atoms with Gasteiger partial charge in [-0.05, 0) is 24.1 Å². The molecule has 2 rings (SSSR count). The zero-order chi connectivity index (χ0) is 15.8. The number of rotatable bonds is 7. The maximum Gasteiger partial charge on any atom is 0.236 e. The van der Waals surface area contributed by atoms with Crippen LogP contribution < -0.4 is 5.32 Å². The lowest BCUT2D eigenvalue weighted by Crippen LogP contribution is -2.37. The smallest absolute Gasteiger partial charge is 0.236 e. The van der Waals surface area contributed by atoms with Gasteiger partial charge in [-0.3, -0.25) is 4.79 Å². The van der Waals surface area contributed by atoms with Crippen molar-refractivity contribution in [3.8, 4) is 0 Å². The average molecular weight is 317 g/mol. The van der Waals surface area contributed by atoms with Gasteiger partial charge in [0.2, 0.25) is 5.91 Å². The Balaban J connectivity index is 1.83. The number of nitrogens with zero attached hydrogens (tertiary/aromatic N) is 1. The summed E-state index contributed by atoms with van der Waals surface area (Å²) < 4.78 is 0. The minimum atomic E-state index is 0.0957. The molecule has 0 aliphatic rings. The second-order valence-corrected chi connectivity index (χ2v) is 5.50. The molecule has 0 atom stereocenters. The summed E-state index contributed by atoms with van der Waals surface area (Å²) in [6.07, 6.45) is 0. The first kappa shape index (κ1) is 16.5. The normalized spacial score (nSPS) is 10.5. The molecule has 0 saturated heterocycles. The third-order valence-corrected chi connectivity index (χ3v) is 3.87. The minimum Gasteiger partial charge on any atom is -0.338 e. The second-order valence-electron chi connectivity index (χ2n) is 5.09. The standard InChI is InChI=1S/C18H21ClN2O/c1-2-21(14-15-8-4-3-5-9-15)18(22)13-20-12-16-10-6-7-11-17(16)19/h3-11,20H,2,12-14H2,1H3. The summed E-state index contributed by atoms with van der Waals surface area (Å²) in [6.45, 7) is 4.24. The van der Waals surface area contributed by atoms with E-state index in [0.29, 0.717) is 26.2 Å². The fraction of sp³-hybridized carbons (Fsp3) is 0.278. The molecule has 1 amide bonds. The number of hydrogen-bond donors (Lipinski definition) is 1. The van der Waals surface area contributed by atoms with E-state index >= 15 is 0 Å². The van der Waals surface area contributed by atoms with Crippen LogP contribution in [0.1, 0.15) is 18.1 Å². The van der Waals surface area contributed by atoms with E-state index in [1.54, 1.807) is 0 Å². The highest BCUT2D eigenvalue weighted by atomic mass is 35.5. The molecule has 0 aliphatic carbocycles. The van der Waals surface area contributed by atoms with Crippen molar-refractivity contribution in [1.29, 1.82) is 0 Å². The van der Waals surface area contributed by atoms with Gasteiger partial charge in [0.05, 0.1) is 6.54 Å². The maximum absolute atomic E-state index is 12.3. The van der Waals surface area contributed by atoms with Crippen molar-refractivity contribution >= 4 is 17.5 Å². The van der Waals surface area contributed by atoms with Crippen LogP contribution in [0.4, 0.5) is 0 Å². The molecule has 2 aromatic rings. The highest BCUT2D eigenvalue weighted by Crippen LogP contribution is 2.14. The fourth-order valence-electron chi connectivity index (χ4n) is 2.24. The van der Waals surface area contributed by atoms with Crippen molar-refractivity contribution in [3.63, 3.8) is 0 Å². The first-order valence-electron chi connectivity index (χ1n) is 7.46.